The van der Waals surface area contributed by atoms with Crippen LogP contribution in [0.3, 0.4) is 0 Å². The Kier molecular flexibility index (Phi) is 4.74. The topological polar surface area (TPSA) is 47.4 Å². The number of amides is 1. The van der Waals surface area contributed by atoms with E-state index in [0.717, 1.165) is 55.0 Å². The van der Waals surface area contributed by atoms with Crippen LogP contribution in [0.2, 0.25) is 0 Å². The van der Waals surface area contributed by atoms with Gasteiger partial charge in [-0.3, -0.25) is 4.79 Å². The lowest BCUT2D eigenvalue weighted by molar-refractivity contribution is -0.128. The van der Waals surface area contributed by atoms with Crippen LogP contribution in [0, 0.1) is 6.92 Å². The fraction of sp³-hybridized carbons (Fsp3) is 0.417. The number of likely N-dealkylation sites (tertiary alicyclic amines) is 1. The second-order valence-electron chi connectivity index (χ2n) is 8.30. The standard InChI is InChI=1S/C24H27N3O2/c1-17-7-11-20(12-8-17)29-14-4-13-26-22-6-3-2-5-21(22)25-24(26)18-15-23(28)27(16-18)19-9-10-19/h2-3,5-8,11-12,18-19H,4,9-10,13-16H2,1H3. The molecule has 1 aromatic heterocycles. The fourth-order valence-corrected chi connectivity index (χ4v) is 4.33. The minimum atomic E-state index is 0.188. The highest BCUT2D eigenvalue weighted by Gasteiger charge is 2.41. The summed E-state index contributed by atoms with van der Waals surface area (Å²) in [6.07, 6.45) is 3.80. The molecular formula is C24H27N3O2. The van der Waals surface area contributed by atoms with Crippen LogP contribution >= 0.6 is 0 Å². The van der Waals surface area contributed by atoms with Crippen LogP contribution < -0.4 is 4.74 Å². The second kappa shape index (κ2) is 7.54. The van der Waals surface area contributed by atoms with Gasteiger partial charge in [-0.1, -0.05) is 29.8 Å². The van der Waals surface area contributed by atoms with Gasteiger partial charge in [0.05, 0.1) is 17.6 Å². The second-order valence-corrected chi connectivity index (χ2v) is 8.30. The largest absolute Gasteiger partial charge is 0.494 e. The van der Waals surface area contributed by atoms with Gasteiger partial charge in [0.15, 0.2) is 0 Å². The molecule has 5 heteroatoms. The highest BCUT2D eigenvalue weighted by molar-refractivity contribution is 5.81. The van der Waals surface area contributed by atoms with Crippen molar-refractivity contribution in [3.63, 3.8) is 0 Å². The third-order valence-corrected chi connectivity index (χ3v) is 6.01. The zero-order valence-corrected chi connectivity index (χ0v) is 16.9. The first-order valence-corrected chi connectivity index (χ1v) is 10.6. The number of para-hydroxylation sites is 2. The summed E-state index contributed by atoms with van der Waals surface area (Å²) in [5, 5.41) is 0. The Morgan fingerprint density at radius 3 is 2.69 bits per heavy atom. The summed E-state index contributed by atoms with van der Waals surface area (Å²) in [5.74, 6) is 2.44. The summed E-state index contributed by atoms with van der Waals surface area (Å²) in [6, 6.07) is 16.9. The predicted molar refractivity (Wildman–Crippen MR) is 113 cm³/mol. The summed E-state index contributed by atoms with van der Waals surface area (Å²) in [4.78, 5) is 19.5. The number of nitrogens with zero attached hydrogens (tertiary/aromatic N) is 3. The SMILES string of the molecule is Cc1ccc(OCCCn2c(C3CC(=O)N(C4CC4)C3)nc3ccccc32)cc1. The summed E-state index contributed by atoms with van der Waals surface area (Å²) in [5.41, 5.74) is 3.40. The van der Waals surface area contributed by atoms with E-state index in [1.54, 1.807) is 0 Å². The van der Waals surface area contributed by atoms with Crippen molar-refractivity contribution in [2.45, 2.75) is 51.1 Å². The monoisotopic (exact) mass is 389 g/mol. The van der Waals surface area contributed by atoms with Crippen LogP contribution in [-0.2, 0) is 11.3 Å². The number of hydrogen-bond donors (Lipinski definition) is 0. The molecule has 5 rings (SSSR count). The van der Waals surface area contributed by atoms with Gasteiger partial charge < -0.3 is 14.2 Å². The molecule has 2 fully saturated rings. The van der Waals surface area contributed by atoms with E-state index in [1.165, 1.54) is 5.56 Å². The van der Waals surface area contributed by atoms with Crippen molar-refractivity contribution in [1.82, 2.24) is 14.5 Å². The summed E-state index contributed by atoms with van der Waals surface area (Å²) in [6.45, 7) is 4.39. The van der Waals surface area contributed by atoms with E-state index < -0.39 is 0 Å². The number of hydrogen-bond acceptors (Lipinski definition) is 3. The molecular weight excluding hydrogens is 362 g/mol. The van der Waals surface area contributed by atoms with E-state index in [9.17, 15) is 4.79 Å². The quantitative estimate of drug-likeness (QED) is 0.566. The molecule has 1 aliphatic heterocycles. The maximum absolute atomic E-state index is 12.5. The lowest BCUT2D eigenvalue weighted by Gasteiger charge is -2.16. The molecule has 0 bridgehead atoms. The first-order chi connectivity index (χ1) is 14.2. The normalized spacial score (nSPS) is 19.3. The van der Waals surface area contributed by atoms with Crippen molar-refractivity contribution >= 4 is 16.9 Å². The fourth-order valence-electron chi connectivity index (χ4n) is 4.33. The Morgan fingerprint density at radius 2 is 1.90 bits per heavy atom. The average Bonchev–Trinajstić information content (AvgIpc) is 3.40. The van der Waals surface area contributed by atoms with Crippen molar-refractivity contribution < 1.29 is 9.53 Å². The van der Waals surface area contributed by atoms with Gasteiger partial charge in [0.25, 0.3) is 0 Å². The molecule has 5 nitrogen and oxygen atoms in total. The molecule has 0 N–H and O–H groups in total. The van der Waals surface area contributed by atoms with E-state index in [1.807, 2.05) is 18.2 Å². The number of ether oxygens (including phenoxy) is 1. The molecule has 1 saturated heterocycles. The van der Waals surface area contributed by atoms with Gasteiger partial charge in [-0.25, -0.2) is 4.98 Å². The first kappa shape index (κ1) is 18.2. The molecule has 2 heterocycles. The average molecular weight is 389 g/mol. The van der Waals surface area contributed by atoms with Crippen LogP contribution in [0.25, 0.3) is 11.0 Å². The number of aryl methyl sites for hydroxylation is 2. The van der Waals surface area contributed by atoms with Crippen molar-refractivity contribution in [3.8, 4) is 5.75 Å². The molecule has 2 aliphatic rings. The Morgan fingerprint density at radius 1 is 1.10 bits per heavy atom. The minimum absolute atomic E-state index is 0.188. The van der Waals surface area contributed by atoms with E-state index in [4.69, 9.17) is 9.72 Å². The highest BCUT2D eigenvalue weighted by atomic mass is 16.5. The zero-order valence-electron chi connectivity index (χ0n) is 16.9. The third kappa shape index (κ3) is 3.74. The van der Waals surface area contributed by atoms with Crippen LogP contribution in [-0.4, -0.2) is 39.6 Å². The number of fused-ring (bicyclic) bond motifs is 1. The van der Waals surface area contributed by atoms with Crippen molar-refractivity contribution in [2.75, 3.05) is 13.2 Å². The van der Waals surface area contributed by atoms with Crippen LogP contribution in [0.5, 0.6) is 5.75 Å². The van der Waals surface area contributed by atoms with Gasteiger partial charge in [0.2, 0.25) is 5.91 Å². The molecule has 0 spiro atoms. The van der Waals surface area contributed by atoms with E-state index in [2.05, 4.69) is 46.7 Å². The molecule has 2 aromatic carbocycles. The number of aromatic nitrogens is 2. The zero-order chi connectivity index (χ0) is 19.8. The molecule has 0 radical (unpaired) electrons. The molecule has 1 amide bonds. The molecule has 1 saturated carbocycles. The first-order valence-electron chi connectivity index (χ1n) is 10.6. The van der Waals surface area contributed by atoms with Crippen molar-refractivity contribution in [2.24, 2.45) is 0 Å². The predicted octanol–water partition coefficient (Wildman–Crippen LogP) is 4.29. The molecule has 3 aromatic rings. The maximum Gasteiger partial charge on any atom is 0.223 e. The molecule has 1 unspecified atom stereocenters. The Bertz CT molecular complexity index is 1020. The minimum Gasteiger partial charge on any atom is -0.494 e. The Labute approximate surface area is 171 Å². The lowest BCUT2D eigenvalue weighted by Crippen LogP contribution is -2.27. The van der Waals surface area contributed by atoms with Gasteiger partial charge >= 0.3 is 0 Å². The van der Waals surface area contributed by atoms with Crippen molar-refractivity contribution in [3.05, 3.63) is 59.9 Å². The number of rotatable bonds is 7. The smallest absolute Gasteiger partial charge is 0.223 e. The maximum atomic E-state index is 12.5. The lowest BCUT2D eigenvalue weighted by atomic mass is 10.1. The van der Waals surface area contributed by atoms with E-state index in [-0.39, 0.29) is 5.92 Å². The Balaban J connectivity index is 1.31. The number of imidazole rings is 1. The highest BCUT2D eigenvalue weighted by Crippen LogP contribution is 2.37. The van der Waals surface area contributed by atoms with Gasteiger partial charge in [-0.15, -0.1) is 0 Å². The van der Waals surface area contributed by atoms with Gasteiger partial charge in [0.1, 0.15) is 11.6 Å². The summed E-state index contributed by atoms with van der Waals surface area (Å²) < 4.78 is 8.22. The van der Waals surface area contributed by atoms with E-state index >= 15 is 0 Å². The van der Waals surface area contributed by atoms with Crippen molar-refractivity contribution in [1.29, 1.82) is 0 Å². The van der Waals surface area contributed by atoms with Crippen LogP contribution in [0.4, 0.5) is 0 Å². The van der Waals surface area contributed by atoms with Crippen LogP contribution in [0.1, 0.15) is 43.0 Å². The summed E-state index contributed by atoms with van der Waals surface area (Å²) in [7, 11) is 0. The molecule has 150 valence electrons. The third-order valence-electron chi connectivity index (χ3n) is 6.01. The van der Waals surface area contributed by atoms with Gasteiger partial charge in [-0.2, -0.15) is 0 Å². The number of carbonyl (C=O) groups excluding carboxylic acids is 1. The van der Waals surface area contributed by atoms with Gasteiger partial charge in [0, 0.05) is 31.5 Å². The molecule has 1 atom stereocenters. The number of benzene rings is 2. The van der Waals surface area contributed by atoms with Gasteiger partial charge in [-0.05, 0) is 50.5 Å². The van der Waals surface area contributed by atoms with E-state index in [0.29, 0.717) is 25.0 Å². The molecule has 1 aliphatic carbocycles. The Hall–Kier alpha value is -2.82. The molecule has 29 heavy (non-hydrogen) atoms. The van der Waals surface area contributed by atoms with Crippen LogP contribution in [0.15, 0.2) is 48.5 Å². The number of carbonyl (C=O) groups is 1. The summed E-state index contributed by atoms with van der Waals surface area (Å²) >= 11 is 0.